The summed E-state index contributed by atoms with van der Waals surface area (Å²) in [6.07, 6.45) is 0. The maximum absolute atomic E-state index is 13.3. The SMILES string of the molecule is Cc1cscc1C(N)c1c(C)cc(F)cc1C. The van der Waals surface area contributed by atoms with Crippen LogP contribution in [0.15, 0.2) is 22.9 Å². The summed E-state index contributed by atoms with van der Waals surface area (Å²) >= 11 is 1.65. The van der Waals surface area contributed by atoms with Crippen molar-refractivity contribution in [3.8, 4) is 0 Å². The summed E-state index contributed by atoms with van der Waals surface area (Å²) in [5, 5.41) is 4.16. The molecule has 0 aliphatic heterocycles. The van der Waals surface area contributed by atoms with Crippen LogP contribution < -0.4 is 5.73 Å². The Kier molecular flexibility index (Phi) is 3.31. The van der Waals surface area contributed by atoms with Crippen molar-refractivity contribution in [2.24, 2.45) is 5.73 Å². The molecule has 0 saturated carbocycles. The molecular formula is C14H16FNS. The number of thiophene rings is 1. The minimum atomic E-state index is -0.196. The normalized spacial score (nSPS) is 12.8. The second-order valence-corrected chi connectivity index (χ2v) is 5.18. The maximum atomic E-state index is 13.3. The third-order valence-electron chi connectivity index (χ3n) is 3.10. The van der Waals surface area contributed by atoms with Crippen molar-refractivity contribution in [3.63, 3.8) is 0 Å². The van der Waals surface area contributed by atoms with Crippen molar-refractivity contribution >= 4 is 11.3 Å². The van der Waals surface area contributed by atoms with Crippen LogP contribution in [0.5, 0.6) is 0 Å². The van der Waals surface area contributed by atoms with Gasteiger partial charge in [-0.15, -0.1) is 0 Å². The van der Waals surface area contributed by atoms with E-state index in [4.69, 9.17) is 5.73 Å². The zero-order valence-electron chi connectivity index (χ0n) is 10.3. The Morgan fingerprint density at radius 1 is 1.06 bits per heavy atom. The van der Waals surface area contributed by atoms with E-state index in [0.717, 1.165) is 22.3 Å². The van der Waals surface area contributed by atoms with E-state index < -0.39 is 0 Å². The highest BCUT2D eigenvalue weighted by Gasteiger charge is 2.17. The summed E-state index contributed by atoms with van der Waals surface area (Å²) < 4.78 is 13.3. The molecular weight excluding hydrogens is 233 g/mol. The summed E-state index contributed by atoms with van der Waals surface area (Å²) in [6.45, 7) is 5.87. The van der Waals surface area contributed by atoms with Gasteiger partial charge in [-0.2, -0.15) is 11.3 Å². The molecule has 0 aliphatic rings. The number of nitrogens with two attached hydrogens (primary N) is 1. The fourth-order valence-corrected chi connectivity index (χ4v) is 3.14. The van der Waals surface area contributed by atoms with Crippen LogP contribution in [0.1, 0.15) is 33.9 Å². The number of halogens is 1. The molecule has 0 amide bonds. The van der Waals surface area contributed by atoms with E-state index in [1.165, 1.54) is 5.56 Å². The molecule has 0 aliphatic carbocycles. The Hall–Kier alpha value is -1.19. The van der Waals surface area contributed by atoms with Crippen LogP contribution in [0.3, 0.4) is 0 Å². The van der Waals surface area contributed by atoms with Crippen LogP contribution in [0, 0.1) is 26.6 Å². The standard InChI is InChI=1S/C14H16FNS/c1-8-4-11(15)5-9(2)13(8)14(16)12-7-17-6-10(12)3/h4-7,14H,16H2,1-3H3. The molecule has 0 bridgehead atoms. The number of hydrogen-bond acceptors (Lipinski definition) is 2. The maximum Gasteiger partial charge on any atom is 0.123 e. The third kappa shape index (κ3) is 2.26. The fraction of sp³-hybridized carbons (Fsp3) is 0.286. The average Bonchev–Trinajstić information content (AvgIpc) is 2.62. The van der Waals surface area contributed by atoms with Crippen LogP contribution in [-0.2, 0) is 0 Å². The predicted octanol–water partition coefficient (Wildman–Crippen LogP) is 3.86. The number of benzene rings is 1. The fourth-order valence-electron chi connectivity index (χ4n) is 2.26. The topological polar surface area (TPSA) is 26.0 Å². The van der Waals surface area contributed by atoms with Crippen molar-refractivity contribution in [2.75, 3.05) is 0 Å². The molecule has 17 heavy (non-hydrogen) atoms. The highest BCUT2D eigenvalue weighted by molar-refractivity contribution is 7.08. The van der Waals surface area contributed by atoms with Gasteiger partial charge in [0.2, 0.25) is 0 Å². The highest BCUT2D eigenvalue weighted by atomic mass is 32.1. The minimum Gasteiger partial charge on any atom is -0.320 e. The quantitative estimate of drug-likeness (QED) is 0.859. The monoisotopic (exact) mass is 249 g/mol. The lowest BCUT2D eigenvalue weighted by Gasteiger charge is -2.18. The zero-order valence-corrected chi connectivity index (χ0v) is 11.1. The summed E-state index contributed by atoms with van der Waals surface area (Å²) in [7, 11) is 0. The Bertz CT molecular complexity index is 522. The van der Waals surface area contributed by atoms with Gasteiger partial charge in [0, 0.05) is 0 Å². The van der Waals surface area contributed by atoms with E-state index in [1.807, 2.05) is 13.8 Å². The molecule has 2 aromatic rings. The Morgan fingerprint density at radius 2 is 1.65 bits per heavy atom. The molecule has 0 spiro atoms. The Labute approximate surface area is 105 Å². The molecule has 2 rings (SSSR count). The van der Waals surface area contributed by atoms with E-state index in [1.54, 1.807) is 23.5 Å². The lowest BCUT2D eigenvalue weighted by Crippen LogP contribution is -2.15. The first kappa shape index (κ1) is 12.3. The number of rotatable bonds is 2. The smallest absolute Gasteiger partial charge is 0.123 e. The molecule has 0 fully saturated rings. The number of aryl methyl sites for hydroxylation is 3. The van der Waals surface area contributed by atoms with Gasteiger partial charge in [-0.3, -0.25) is 0 Å². The second kappa shape index (κ2) is 4.59. The van der Waals surface area contributed by atoms with Crippen molar-refractivity contribution in [3.05, 3.63) is 56.5 Å². The summed E-state index contributed by atoms with van der Waals surface area (Å²) in [4.78, 5) is 0. The average molecular weight is 249 g/mol. The molecule has 1 nitrogen and oxygen atoms in total. The van der Waals surface area contributed by atoms with Gasteiger partial charge in [0.1, 0.15) is 5.82 Å². The van der Waals surface area contributed by atoms with Crippen LogP contribution in [0.4, 0.5) is 4.39 Å². The molecule has 1 aromatic heterocycles. The van der Waals surface area contributed by atoms with Gasteiger partial charge < -0.3 is 5.73 Å². The summed E-state index contributed by atoms with van der Waals surface area (Å²) in [5.74, 6) is -0.196. The Morgan fingerprint density at radius 3 is 2.12 bits per heavy atom. The van der Waals surface area contributed by atoms with Crippen LogP contribution >= 0.6 is 11.3 Å². The predicted molar refractivity (Wildman–Crippen MR) is 71.0 cm³/mol. The van der Waals surface area contributed by atoms with E-state index in [0.29, 0.717) is 0 Å². The summed E-state index contributed by atoms with van der Waals surface area (Å²) in [6, 6.07) is 2.93. The molecule has 3 heteroatoms. The molecule has 0 radical (unpaired) electrons. The first-order valence-corrected chi connectivity index (χ1v) is 6.50. The van der Waals surface area contributed by atoms with Crippen LogP contribution in [-0.4, -0.2) is 0 Å². The van der Waals surface area contributed by atoms with Gasteiger partial charge in [0.15, 0.2) is 0 Å². The first-order chi connectivity index (χ1) is 8.00. The molecule has 1 heterocycles. The summed E-state index contributed by atoms with van der Waals surface area (Å²) in [5.41, 5.74) is 11.5. The van der Waals surface area contributed by atoms with E-state index in [9.17, 15) is 4.39 Å². The van der Waals surface area contributed by atoms with Crippen LogP contribution in [0.2, 0.25) is 0 Å². The van der Waals surface area contributed by atoms with E-state index in [2.05, 4.69) is 17.7 Å². The van der Waals surface area contributed by atoms with Crippen molar-refractivity contribution < 1.29 is 4.39 Å². The Balaban J connectivity index is 2.51. The van der Waals surface area contributed by atoms with Gasteiger partial charge in [-0.1, -0.05) is 0 Å². The lowest BCUT2D eigenvalue weighted by molar-refractivity contribution is 0.623. The van der Waals surface area contributed by atoms with Crippen molar-refractivity contribution in [1.29, 1.82) is 0 Å². The van der Waals surface area contributed by atoms with Gasteiger partial charge in [-0.05, 0) is 71.5 Å². The van der Waals surface area contributed by atoms with Gasteiger partial charge in [-0.25, -0.2) is 4.39 Å². The third-order valence-corrected chi connectivity index (χ3v) is 3.98. The molecule has 1 atom stereocenters. The van der Waals surface area contributed by atoms with Crippen molar-refractivity contribution in [1.82, 2.24) is 0 Å². The largest absolute Gasteiger partial charge is 0.320 e. The van der Waals surface area contributed by atoms with Gasteiger partial charge >= 0.3 is 0 Å². The van der Waals surface area contributed by atoms with Gasteiger partial charge in [0.25, 0.3) is 0 Å². The molecule has 1 aromatic carbocycles. The molecule has 0 saturated heterocycles. The highest BCUT2D eigenvalue weighted by Crippen LogP contribution is 2.30. The van der Waals surface area contributed by atoms with E-state index >= 15 is 0 Å². The van der Waals surface area contributed by atoms with E-state index in [-0.39, 0.29) is 11.9 Å². The molecule has 1 unspecified atom stereocenters. The molecule has 2 N–H and O–H groups in total. The minimum absolute atomic E-state index is 0.165. The number of hydrogen-bond donors (Lipinski definition) is 1. The molecule has 90 valence electrons. The van der Waals surface area contributed by atoms with Gasteiger partial charge in [0.05, 0.1) is 6.04 Å². The van der Waals surface area contributed by atoms with Crippen LogP contribution in [0.25, 0.3) is 0 Å². The first-order valence-electron chi connectivity index (χ1n) is 5.55. The lowest BCUT2D eigenvalue weighted by atomic mass is 9.92. The zero-order chi connectivity index (χ0) is 12.6. The second-order valence-electron chi connectivity index (χ2n) is 4.44. The van der Waals surface area contributed by atoms with Crippen molar-refractivity contribution in [2.45, 2.75) is 26.8 Å².